The summed E-state index contributed by atoms with van der Waals surface area (Å²) in [5.41, 5.74) is 3.35. The summed E-state index contributed by atoms with van der Waals surface area (Å²) >= 11 is 0. The van der Waals surface area contributed by atoms with E-state index in [9.17, 15) is 19.2 Å². The van der Waals surface area contributed by atoms with Gasteiger partial charge in [0, 0.05) is 5.92 Å². The summed E-state index contributed by atoms with van der Waals surface area (Å²) in [6, 6.07) is 0. The Hall–Kier alpha value is -2.71. The van der Waals surface area contributed by atoms with Crippen LogP contribution >= 0.6 is 0 Å². The number of ether oxygens (including phenoxy) is 3. The van der Waals surface area contributed by atoms with E-state index in [1.807, 2.05) is 0 Å². The van der Waals surface area contributed by atoms with Gasteiger partial charge in [0.05, 0.1) is 26.1 Å². The molecule has 9 nitrogen and oxygen atoms in total. The van der Waals surface area contributed by atoms with E-state index in [4.69, 9.17) is 14.2 Å². The third-order valence-corrected chi connectivity index (χ3v) is 5.37. The smallest absolute Gasteiger partial charge is 0.355 e. The van der Waals surface area contributed by atoms with Crippen molar-refractivity contribution in [1.29, 1.82) is 0 Å². The van der Waals surface area contributed by atoms with E-state index < -0.39 is 41.6 Å². The number of nitrogens with zero attached hydrogens (tertiary/aromatic N) is 1. The molecule has 0 spiro atoms. The van der Waals surface area contributed by atoms with E-state index in [1.165, 1.54) is 14.2 Å². The first-order valence-electron chi connectivity index (χ1n) is 7.49. The highest BCUT2D eigenvalue weighted by atomic mass is 16.6. The Morgan fingerprint density at radius 2 is 1.79 bits per heavy atom. The van der Waals surface area contributed by atoms with Gasteiger partial charge in [-0.05, 0) is 23.8 Å². The fourth-order valence-corrected chi connectivity index (χ4v) is 4.58. The lowest BCUT2D eigenvalue weighted by Crippen LogP contribution is -2.44. The van der Waals surface area contributed by atoms with Crippen molar-refractivity contribution in [3.05, 3.63) is 11.3 Å². The summed E-state index contributed by atoms with van der Waals surface area (Å²) in [6.07, 6.45) is 0.508. The van der Waals surface area contributed by atoms with Gasteiger partial charge >= 0.3 is 23.9 Å². The molecule has 4 rings (SSSR count). The van der Waals surface area contributed by atoms with Crippen LogP contribution in [0.15, 0.2) is 16.4 Å². The maximum atomic E-state index is 12.1. The van der Waals surface area contributed by atoms with E-state index in [0.717, 1.165) is 0 Å². The van der Waals surface area contributed by atoms with Crippen LogP contribution < -0.4 is 5.43 Å². The van der Waals surface area contributed by atoms with Crippen LogP contribution in [0.5, 0.6) is 0 Å². The lowest BCUT2D eigenvalue weighted by Gasteiger charge is -2.33. The minimum Gasteiger partial charge on any atom is -0.464 e. The molecule has 1 N–H and O–H groups in total. The van der Waals surface area contributed by atoms with Crippen molar-refractivity contribution in [2.75, 3.05) is 14.2 Å². The molecule has 5 atom stereocenters. The van der Waals surface area contributed by atoms with Crippen molar-refractivity contribution in [2.45, 2.75) is 6.42 Å². The van der Waals surface area contributed by atoms with Gasteiger partial charge in [-0.25, -0.2) is 9.59 Å². The minimum absolute atomic E-state index is 0.0956. The number of fused-ring (bicyclic) bond motifs is 8. The van der Waals surface area contributed by atoms with E-state index in [1.54, 1.807) is 0 Å². The van der Waals surface area contributed by atoms with Crippen LogP contribution in [0.1, 0.15) is 6.42 Å². The zero-order valence-electron chi connectivity index (χ0n) is 12.9. The highest BCUT2D eigenvalue weighted by molar-refractivity contribution is 6.38. The molecule has 0 aromatic heterocycles. The van der Waals surface area contributed by atoms with Gasteiger partial charge in [0.15, 0.2) is 5.71 Å². The zero-order valence-corrected chi connectivity index (χ0v) is 12.9. The highest BCUT2D eigenvalue weighted by Gasteiger charge is 2.67. The van der Waals surface area contributed by atoms with Crippen LogP contribution in [0.4, 0.5) is 0 Å². The molecule has 24 heavy (non-hydrogen) atoms. The number of carbonyl (C=O) groups excluding carboxylic acids is 4. The van der Waals surface area contributed by atoms with Crippen molar-refractivity contribution in [3.63, 3.8) is 0 Å². The van der Waals surface area contributed by atoms with E-state index in [2.05, 4.69) is 10.5 Å². The quantitative estimate of drug-likeness (QED) is 0.393. The standard InChI is InChI=1S/C15H14N2O7/c1-22-14(20)10-6-4-3-5(9-8(4)12(18)24-13(9)19)7(6)11(17-16-10)15(21)23-2/h4-6,8-9,17H,3H2,1-2H3. The van der Waals surface area contributed by atoms with E-state index in [-0.39, 0.29) is 23.2 Å². The van der Waals surface area contributed by atoms with Gasteiger partial charge in [-0.15, -0.1) is 0 Å². The molecule has 4 aliphatic rings. The van der Waals surface area contributed by atoms with Crippen LogP contribution in [0.3, 0.4) is 0 Å². The number of hydrogen-bond acceptors (Lipinski definition) is 9. The molecule has 2 heterocycles. The van der Waals surface area contributed by atoms with Gasteiger partial charge in [-0.2, -0.15) is 5.10 Å². The molecule has 0 aromatic rings. The second-order valence-corrected chi connectivity index (χ2v) is 6.20. The van der Waals surface area contributed by atoms with Crippen molar-refractivity contribution >= 4 is 29.6 Å². The Balaban J connectivity index is 1.84. The summed E-state index contributed by atoms with van der Waals surface area (Å²) in [5.74, 6) is -4.89. The third kappa shape index (κ3) is 1.66. The number of carbonyl (C=O) groups is 4. The Labute approximate surface area is 136 Å². The van der Waals surface area contributed by atoms with Gasteiger partial charge in [0.25, 0.3) is 0 Å². The van der Waals surface area contributed by atoms with Gasteiger partial charge in [-0.3, -0.25) is 15.0 Å². The number of nitrogens with one attached hydrogen (secondary N) is 1. The fourth-order valence-electron chi connectivity index (χ4n) is 4.58. The Kier molecular flexibility index (Phi) is 3.03. The largest absolute Gasteiger partial charge is 0.464 e. The van der Waals surface area contributed by atoms with Crippen LogP contribution in [-0.4, -0.2) is 43.8 Å². The summed E-state index contributed by atoms with van der Waals surface area (Å²) in [5, 5.41) is 3.97. The molecule has 2 saturated carbocycles. The van der Waals surface area contributed by atoms with Crippen molar-refractivity contribution in [2.24, 2.45) is 34.7 Å². The second-order valence-electron chi connectivity index (χ2n) is 6.20. The normalized spacial score (nSPS) is 35.8. The van der Waals surface area contributed by atoms with Gasteiger partial charge in [-0.1, -0.05) is 0 Å². The number of hydrazone groups is 1. The van der Waals surface area contributed by atoms with Gasteiger partial charge in [0.2, 0.25) is 0 Å². The SMILES string of the molecule is COC(=O)C1=NNC(C(=O)OC)=C2C3CC(C12)C1C(=O)OC(=O)C31. The maximum Gasteiger partial charge on any atom is 0.355 e. The number of allylic oxidation sites excluding steroid dienone is 1. The lowest BCUT2D eigenvalue weighted by atomic mass is 9.69. The van der Waals surface area contributed by atoms with Gasteiger partial charge < -0.3 is 14.2 Å². The summed E-state index contributed by atoms with van der Waals surface area (Å²) in [7, 11) is 2.46. The molecule has 0 amide bonds. The second kappa shape index (κ2) is 4.89. The molecule has 2 aliphatic carbocycles. The molecule has 2 aliphatic heterocycles. The van der Waals surface area contributed by atoms with E-state index in [0.29, 0.717) is 12.0 Å². The average molecular weight is 334 g/mol. The monoisotopic (exact) mass is 334 g/mol. The maximum absolute atomic E-state index is 12.1. The summed E-state index contributed by atoms with van der Waals surface area (Å²) in [4.78, 5) is 48.2. The predicted molar refractivity (Wildman–Crippen MR) is 74.8 cm³/mol. The van der Waals surface area contributed by atoms with Crippen LogP contribution in [-0.2, 0) is 33.4 Å². The number of esters is 4. The molecule has 2 bridgehead atoms. The highest BCUT2D eigenvalue weighted by Crippen LogP contribution is 2.62. The van der Waals surface area contributed by atoms with Crippen LogP contribution in [0, 0.1) is 29.6 Å². The first-order valence-corrected chi connectivity index (χ1v) is 7.49. The van der Waals surface area contributed by atoms with Crippen LogP contribution in [0.2, 0.25) is 0 Å². The molecule has 0 aromatic carbocycles. The van der Waals surface area contributed by atoms with Crippen molar-refractivity contribution in [3.8, 4) is 0 Å². The molecule has 9 heteroatoms. The summed E-state index contributed by atoms with van der Waals surface area (Å²) < 4.78 is 14.3. The Morgan fingerprint density at radius 1 is 1.12 bits per heavy atom. The number of rotatable bonds is 2. The molecular formula is C15H14N2O7. The molecule has 3 fully saturated rings. The molecule has 5 unspecified atom stereocenters. The topological polar surface area (TPSA) is 120 Å². The number of methoxy groups -OCH3 is 2. The Bertz CT molecular complexity index is 753. The van der Waals surface area contributed by atoms with Crippen LogP contribution in [0.25, 0.3) is 0 Å². The molecule has 126 valence electrons. The first kappa shape index (κ1) is 14.9. The zero-order chi connectivity index (χ0) is 17.2. The minimum atomic E-state index is -0.643. The van der Waals surface area contributed by atoms with Crippen molar-refractivity contribution in [1.82, 2.24) is 5.43 Å². The van der Waals surface area contributed by atoms with E-state index >= 15 is 0 Å². The van der Waals surface area contributed by atoms with Gasteiger partial charge in [0.1, 0.15) is 5.70 Å². The third-order valence-electron chi connectivity index (χ3n) is 5.37. The first-order chi connectivity index (χ1) is 11.5. The summed E-state index contributed by atoms with van der Waals surface area (Å²) in [6.45, 7) is 0. The predicted octanol–water partition coefficient (Wildman–Crippen LogP) is -0.873. The molecule has 1 saturated heterocycles. The lowest BCUT2D eigenvalue weighted by molar-refractivity contribution is -0.155. The number of hydrogen-bond donors (Lipinski definition) is 1. The average Bonchev–Trinajstić information content (AvgIpc) is 3.24. The van der Waals surface area contributed by atoms with Crippen molar-refractivity contribution < 1.29 is 33.4 Å². The Morgan fingerprint density at radius 3 is 2.46 bits per heavy atom. The fraction of sp³-hybridized carbons (Fsp3) is 0.533. The molecule has 0 radical (unpaired) electrons. The molecular weight excluding hydrogens is 320 g/mol. The number of cyclic esters (lactones) is 2.